The summed E-state index contributed by atoms with van der Waals surface area (Å²) in [6, 6.07) is 4.15. The van der Waals surface area contributed by atoms with Gasteiger partial charge in [-0.2, -0.15) is 0 Å². The van der Waals surface area contributed by atoms with E-state index >= 15 is 0 Å². The first-order valence-electron chi connectivity index (χ1n) is 4.24. The average molecular weight is 196 g/mol. The Bertz CT molecular complexity index is 350. The Morgan fingerprint density at radius 3 is 2.64 bits per heavy atom. The SMILES string of the molecule is CC(C)Nc1ccc(O)cc1[N+](=O)[O-]. The van der Waals surface area contributed by atoms with Gasteiger partial charge in [0.2, 0.25) is 0 Å². The van der Waals surface area contributed by atoms with Crippen molar-refractivity contribution in [1.82, 2.24) is 0 Å². The average Bonchev–Trinajstić information content (AvgIpc) is 2.07. The Hall–Kier alpha value is -1.78. The molecule has 2 N–H and O–H groups in total. The van der Waals surface area contributed by atoms with Gasteiger partial charge in [-0.15, -0.1) is 0 Å². The number of nitrogens with one attached hydrogen (secondary N) is 1. The largest absolute Gasteiger partial charge is 0.508 e. The molecular weight excluding hydrogens is 184 g/mol. The van der Waals surface area contributed by atoms with Crippen LogP contribution in [0.25, 0.3) is 0 Å². The molecule has 0 saturated carbocycles. The van der Waals surface area contributed by atoms with E-state index in [0.29, 0.717) is 5.69 Å². The van der Waals surface area contributed by atoms with Gasteiger partial charge in [0.05, 0.1) is 11.0 Å². The van der Waals surface area contributed by atoms with Crippen molar-refractivity contribution < 1.29 is 10.0 Å². The van der Waals surface area contributed by atoms with E-state index in [-0.39, 0.29) is 17.5 Å². The third kappa shape index (κ3) is 2.35. The third-order valence-electron chi connectivity index (χ3n) is 1.62. The summed E-state index contributed by atoms with van der Waals surface area (Å²) in [5, 5.41) is 22.6. The summed E-state index contributed by atoms with van der Waals surface area (Å²) in [6.45, 7) is 3.77. The molecule has 5 heteroatoms. The van der Waals surface area contributed by atoms with Crippen molar-refractivity contribution in [1.29, 1.82) is 0 Å². The van der Waals surface area contributed by atoms with Crippen LogP contribution in [0.1, 0.15) is 13.8 Å². The van der Waals surface area contributed by atoms with Crippen LogP contribution in [0.4, 0.5) is 11.4 Å². The highest BCUT2D eigenvalue weighted by Gasteiger charge is 2.14. The second-order valence-corrected chi connectivity index (χ2v) is 3.26. The molecule has 1 aromatic rings. The van der Waals surface area contributed by atoms with Crippen molar-refractivity contribution in [2.45, 2.75) is 19.9 Å². The maximum atomic E-state index is 10.6. The van der Waals surface area contributed by atoms with Gasteiger partial charge in [0.1, 0.15) is 11.4 Å². The van der Waals surface area contributed by atoms with Crippen molar-refractivity contribution in [3.63, 3.8) is 0 Å². The van der Waals surface area contributed by atoms with Gasteiger partial charge in [-0.1, -0.05) is 0 Å². The minimum atomic E-state index is -0.523. The van der Waals surface area contributed by atoms with Crippen LogP contribution < -0.4 is 5.32 Å². The second-order valence-electron chi connectivity index (χ2n) is 3.26. The fraction of sp³-hybridized carbons (Fsp3) is 0.333. The predicted octanol–water partition coefficient (Wildman–Crippen LogP) is 2.12. The summed E-state index contributed by atoms with van der Waals surface area (Å²) in [6.07, 6.45) is 0. The zero-order chi connectivity index (χ0) is 10.7. The summed E-state index contributed by atoms with van der Waals surface area (Å²) in [4.78, 5) is 10.1. The van der Waals surface area contributed by atoms with E-state index in [1.807, 2.05) is 13.8 Å². The van der Waals surface area contributed by atoms with Crippen LogP contribution in [-0.2, 0) is 0 Å². The van der Waals surface area contributed by atoms with E-state index in [4.69, 9.17) is 5.11 Å². The molecule has 0 heterocycles. The minimum absolute atomic E-state index is 0.106. The summed E-state index contributed by atoms with van der Waals surface area (Å²) in [5.41, 5.74) is 0.307. The predicted molar refractivity (Wildman–Crippen MR) is 53.5 cm³/mol. The summed E-state index contributed by atoms with van der Waals surface area (Å²) in [7, 11) is 0. The fourth-order valence-electron chi connectivity index (χ4n) is 1.10. The molecule has 0 spiro atoms. The number of rotatable bonds is 3. The normalized spacial score (nSPS) is 10.2. The Labute approximate surface area is 81.5 Å². The number of aromatic hydroxyl groups is 1. The van der Waals surface area contributed by atoms with Crippen molar-refractivity contribution in [2.75, 3.05) is 5.32 Å². The maximum absolute atomic E-state index is 10.6. The van der Waals surface area contributed by atoms with Crippen molar-refractivity contribution >= 4 is 11.4 Å². The molecule has 0 fully saturated rings. The number of nitrogens with zero attached hydrogens (tertiary/aromatic N) is 1. The molecule has 0 unspecified atom stereocenters. The number of phenols is 1. The Morgan fingerprint density at radius 2 is 2.14 bits per heavy atom. The van der Waals surface area contributed by atoms with Gasteiger partial charge < -0.3 is 10.4 Å². The van der Waals surface area contributed by atoms with E-state index < -0.39 is 4.92 Å². The van der Waals surface area contributed by atoms with Gasteiger partial charge in [-0.3, -0.25) is 10.1 Å². The smallest absolute Gasteiger partial charge is 0.296 e. The van der Waals surface area contributed by atoms with Crippen LogP contribution in [-0.4, -0.2) is 16.1 Å². The van der Waals surface area contributed by atoms with Crippen LogP contribution in [0.2, 0.25) is 0 Å². The molecule has 0 radical (unpaired) electrons. The van der Waals surface area contributed by atoms with Crippen LogP contribution in [0.3, 0.4) is 0 Å². The van der Waals surface area contributed by atoms with Gasteiger partial charge in [0, 0.05) is 6.04 Å². The van der Waals surface area contributed by atoms with Gasteiger partial charge in [0.25, 0.3) is 5.69 Å². The first kappa shape index (κ1) is 10.3. The lowest BCUT2D eigenvalue weighted by atomic mass is 10.2. The van der Waals surface area contributed by atoms with Gasteiger partial charge >= 0.3 is 0 Å². The zero-order valence-electron chi connectivity index (χ0n) is 8.02. The molecule has 0 amide bonds. The molecule has 0 atom stereocenters. The summed E-state index contributed by atoms with van der Waals surface area (Å²) in [5.74, 6) is -0.106. The van der Waals surface area contributed by atoms with Crippen LogP contribution in [0, 0.1) is 10.1 Å². The van der Waals surface area contributed by atoms with E-state index in [0.717, 1.165) is 6.07 Å². The summed E-state index contributed by atoms with van der Waals surface area (Å²) < 4.78 is 0. The maximum Gasteiger partial charge on any atom is 0.296 e. The Kier molecular flexibility index (Phi) is 2.91. The van der Waals surface area contributed by atoms with Crippen LogP contribution in [0.5, 0.6) is 5.75 Å². The highest BCUT2D eigenvalue weighted by atomic mass is 16.6. The van der Waals surface area contributed by atoms with Gasteiger partial charge in [-0.05, 0) is 26.0 Å². The molecular formula is C9H12N2O3. The highest BCUT2D eigenvalue weighted by molar-refractivity contribution is 5.63. The number of benzene rings is 1. The lowest BCUT2D eigenvalue weighted by molar-refractivity contribution is -0.384. The quantitative estimate of drug-likeness (QED) is 0.441. The Balaban J connectivity index is 3.08. The molecule has 76 valence electrons. The first-order chi connectivity index (χ1) is 6.50. The number of nitro groups is 1. The molecule has 5 nitrogen and oxygen atoms in total. The lowest BCUT2D eigenvalue weighted by Gasteiger charge is -2.09. The van der Waals surface area contributed by atoms with E-state index in [2.05, 4.69) is 5.32 Å². The van der Waals surface area contributed by atoms with Crippen LogP contribution >= 0.6 is 0 Å². The molecule has 0 aromatic heterocycles. The number of phenolic OH excluding ortho intramolecular Hbond substituents is 1. The van der Waals surface area contributed by atoms with Crippen molar-refractivity contribution in [3.05, 3.63) is 28.3 Å². The monoisotopic (exact) mass is 196 g/mol. The number of nitro benzene ring substituents is 1. The number of hydrogen-bond donors (Lipinski definition) is 2. The second kappa shape index (κ2) is 3.95. The topological polar surface area (TPSA) is 75.4 Å². The summed E-state index contributed by atoms with van der Waals surface area (Å²) >= 11 is 0. The molecule has 14 heavy (non-hydrogen) atoms. The zero-order valence-corrected chi connectivity index (χ0v) is 8.02. The lowest BCUT2D eigenvalue weighted by Crippen LogP contribution is -2.11. The Morgan fingerprint density at radius 1 is 1.50 bits per heavy atom. The third-order valence-corrected chi connectivity index (χ3v) is 1.62. The van der Waals surface area contributed by atoms with Crippen LogP contribution in [0.15, 0.2) is 18.2 Å². The van der Waals surface area contributed by atoms with Gasteiger partial charge in [0.15, 0.2) is 0 Å². The molecule has 0 aliphatic heterocycles. The fourth-order valence-corrected chi connectivity index (χ4v) is 1.10. The molecule has 1 rings (SSSR count). The number of anilines is 1. The number of hydrogen-bond acceptors (Lipinski definition) is 4. The molecule has 0 bridgehead atoms. The molecule has 0 aliphatic rings. The standard InChI is InChI=1S/C9H12N2O3/c1-6(2)10-8-4-3-7(12)5-9(8)11(13)14/h3-6,10,12H,1-2H3. The molecule has 0 saturated heterocycles. The molecule has 1 aromatic carbocycles. The van der Waals surface area contributed by atoms with Gasteiger partial charge in [-0.25, -0.2) is 0 Å². The highest BCUT2D eigenvalue weighted by Crippen LogP contribution is 2.28. The van der Waals surface area contributed by atoms with Crippen molar-refractivity contribution in [2.24, 2.45) is 0 Å². The van der Waals surface area contributed by atoms with E-state index in [1.54, 1.807) is 0 Å². The van der Waals surface area contributed by atoms with E-state index in [1.165, 1.54) is 12.1 Å². The van der Waals surface area contributed by atoms with Crippen molar-refractivity contribution in [3.8, 4) is 5.75 Å². The first-order valence-corrected chi connectivity index (χ1v) is 4.24. The van der Waals surface area contributed by atoms with E-state index in [9.17, 15) is 10.1 Å². The minimum Gasteiger partial charge on any atom is -0.508 e. The molecule has 0 aliphatic carbocycles.